The molecule has 1 atom stereocenters. The van der Waals surface area contributed by atoms with Crippen molar-refractivity contribution in [1.29, 1.82) is 0 Å². The Kier molecular flexibility index (Phi) is 5.90. The van der Waals surface area contributed by atoms with Crippen LogP contribution in [0.15, 0.2) is 12.1 Å². The zero-order valence-electron chi connectivity index (χ0n) is 13.6. The highest BCUT2D eigenvalue weighted by Crippen LogP contribution is 2.36. The van der Waals surface area contributed by atoms with Crippen LogP contribution in [0, 0.1) is 0 Å². The van der Waals surface area contributed by atoms with Gasteiger partial charge in [-0.2, -0.15) is 0 Å². The first-order valence-corrected chi connectivity index (χ1v) is 7.95. The van der Waals surface area contributed by atoms with E-state index in [0.717, 1.165) is 6.42 Å². The van der Waals surface area contributed by atoms with E-state index in [1.54, 1.807) is 0 Å². The third-order valence-electron chi connectivity index (χ3n) is 3.73. The van der Waals surface area contributed by atoms with E-state index in [1.165, 1.54) is 19.2 Å². The average Bonchev–Trinajstić information content (AvgIpc) is 3.02. The van der Waals surface area contributed by atoms with Gasteiger partial charge in [-0.1, -0.05) is 18.5 Å². The number of methoxy groups -OCH3 is 1. The second-order valence-electron chi connectivity index (χ2n) is 5.48. The van der Waals surface area contributed by atoms with Gasteiger partial charge in [-0.3, -0.25) is 4.79 Å². The molecule has 1 aromatic rings. The summed E-state index contributed by atoms with van der Waals surface area (Å²) in [6, 6.07) is 2.90. The average molecular weight is 358 g/mol. The van der Waals surface area contributed by atoms with E-state index in [2.05, 4.69) is 5.32 Å². The highest BCUT2D eigenvalue weighted by atomic mass is 35.5. The Bertz CT molecular complexity index is 627. The van der Waals surface area contributed by atoms with E-state index < -0.39 is 17.4 Å². The Labute approximate surface area is 144 Å². The zero-order valence-corrected chi connectivity index (χ0v) is 14.3. The molecule has 1 aromatic carbocycles. The number of hydrogen-bond acceptors (Lipinski definition) is 5. The minimum absolute atomic E-state index is 0.0728. The highest BCUT2D eigenvalue weighted by molar-refractivity contribution is 6.32. The fraction of sp³-hybridized carbons (Fsp3) is 0.500. The zero-order chi connectivity index (χ0) is 17.7. The number of amides is 1. The predicted molar refractivity (Wildman–Crippen MR) is 87.1 cm³/mol. The van der Waals surface area contributed by atoms with Crippen molar-refractivity contribution in [2.75, 3.05) is 26.9 Å². The van der Waals surface area contributed by atoms with Crippen LogP contribution in [-0.4, -0.2) is 49.5 Å². The van der Waals surface area contributed by atoms with Crippen LogP contribution in [0.25, 0.3) is 0 Å². The first kappa shape index (κ1) is 18.4. The topological polar surface area (TPSA) is 94.1 Å². The van der Waals surface area contributed by atoms with Gasteiger partial charge in [-0.15, -0.1) is 0 Å². The van der Waals surface area contributed by atoms with Gasteiger partial charge in [-0.25, -0.2) is 4.79 Å². The van der Waals surface area contributed by atoms with Gasteiger partial charge >= 0.3 is 5.97 Å². The lowest BCUT2D eigenvalue weighted by molar-refractivity contribution is -0.144. The molecular formula is C16H20ClNO6. The lowest BCUT2D eigenvalue weighted by Gasteiger charge is -2.24. The molecular weight excluding hydrogens is 338 g/mol. The van der Waals surface area contributed by atoms with E-state index >= 15 is 0 Å². The van der Waals surface area contributed by atoms with Crippen LogP contribution >= 0.6 is 11.6 Å². The molecule has 24 heavy (non-hydrogen) atoms. The summed E-state index contributed by atoms with van der Waals surface area (Å²) >= 11 is 6.18. The van der Waals surface area contributed by atoms with Crippen molar-refractivity contribution in [3.8, 4) is 11.5 Å². The van der Waals surface area contributed by atoms with Crippen molar-refractivity contribution < 1.29 is 28.9 Å². The Morgan fingerprint density at radius 2 is 2.21 bits per heavy atom. The molecule has 1 unspecified atom stereocenters. The Hall–Kier alpha value is -1.99. The molecule has 0 radical (unpaired) electrons. The van der Waals surface area contributed by atoms with Crippen molar-refractivity contribution in [2.45, 2.75) is 25.3 Å². The third-order valence-corrected chi connectivity index (χ3v) is 4.01. The van der Waals surface area contributed by atoms with E-state index in [1.807, 2.05) is 6.92 Å². The fourth-order valence-electron chi connectivity index (χ4n) is 2.37. The minimum atomic E-state index is -1.42. The van der Waals surface area contributed by atoms with Gasteiger partial charge in [0.2, 0.25) is 0 Å². The van der Waals surface area contributed by atoms with Crippen LogP contribution in [0.1, 0.15) is 30.1 Å². The van der Waals surface area contributed by atoms with Crippen molar-refractivity contribution in [3.63, 3.8) is 0 Å². The SMILES string of the molecule is CCCOc1c(Cl)cc(C(=O)NC2(C(=O)O)CCOC2)cc1OC. The van der Waals surface area contributed by atoms with E-state index in [4.69, 9.17) is 25.8 Å². The summed E-state index contributed by atoms with van der Waals surface area (Å²) in [4.78, 5) is 24.0. The van der Waals surface area contributed by atoms with Crippen molar-refractivity contribution in [3.05, 3.63) is 22.7 Å². The first-order chi connectivity index (χ1) is 11.4. The number of carbonyl (C=O) groups is 2. The Morgan fingerprint density at radius 3 is 2.75 bits per heavy atom. The molecule has 1 heterocycles. The summed E-state index contributed by atoms with van der Waals surface area (Å²) in [6.45, 7) is 2.62. The van der Waals surface area contributed by atoms with Crippen molar-refractivity contribution >= 4 is 23.5 Å². The Morgan fingerprint density at radius 1 is 1.46 bits per heavy atom. The van der Waals surface area contributed by atoms with Gasteiger partial charge in [0.15, 0.2) is 17.0 Å². The standard InChI is InChI=1S/C16H20ClNO6/c1-3-5-24-13-11(17)7-10(8-12(13)22-2)14(19)18-16(15(20)21)4-6-23-9-16/h7-8H,3-6,9H2,1-2H3,(H,18,19)(H,20,21). The Balaban J connectivity index is 2.26. The van der Waals surface area contributed by atoms with Gasteiger partial charge in [0.1, 0.15) is 0 Å². The van der Waals surface area contributed by atoms with E-state index in [-0.39, 0.29) is 30.2 Å². The molecule has 0 aromatic heterocycles. The minimum Gasteiger partial charge on any atom is -0.493 e. The number of hydrogen-bond donors (Lipinski definition) is 2. The molecule has 2 N–H and O–H groups in total. The summed E-state index contributed by atoms with van der Waals surface area (Å²) in [5.41, 5.74) is -1.23. The second-order valence-corrected chi connectivity index (χ2v) is 5.89. The van der Waals surface area contributed by atoms with Crippen molar-refractivity contribution in [1.82, 2.24) is 5.32 Å². The monoisotopic (exact) mass is 357 g/mol. The van der Waals surface area contributed by atoms with Crippen LogP contribution in [0.4, 0.5) is 0 Å². The second kappa shape index (κ2) is 7.72. The molecule has 0 bridgehead atoms. The maximum atomic E-state index is 12.5. The number of aliphatic carboxylic acids is 1. The quantitative estimate of drug-likeness (QED) is 0.776. The van der Waals surface area contributed by atoms with Crippen molar-refractivity contribution in [2.24, 2.45) is 0 Å². The van der Waals surface area contributed by atoms with Crippen LogP contribution in [0.5, 0.6) is 11.5 Å². The molecule has 8 heteroatoms. The first-order valence-electron chi connectivity index (χ1n) is 7.57. The number of carboxylic acids is 1. The molecule has 1 aliphatic heterocycles. The lowest BCUT2D eigenvalue weighted by Crippen LogP contribution is -2.55. The maximum Gasteiger partial charge on any atom is 0.331 e. The molecule has 132 valence electrons. The summed E-state index contributed by atoms with van der Waals surface area (Å²) in [6.07, 6.45) is 0.999. The molecule has 1 fully saturated rings. The number of nitrogens with one attached hydrogen (secondary N) is 1. The lowest BCUT2D eigenvalue weighted by atomic mass is 9.98. The van der Waals surface area contributed by atoms with Crippen LogP contribution in [0.3, 0.4) is 0 Å². The maximum absolute atomic E-state index is 12.5. The summed E-state index contributed by atoms with van der Waals surface area (Å²) < 4.78 is 15.9. The largest absolute Gasteiger partial charge is 0.493 e. The van der Waals surface area contributed by atoms with Gasteiger partial charge in [-0.05, 0) is 18.6 Å². The molecule has 0 saturated carbocycles. The molecule has 1 saturated heterocycles. The number of carboxylic acid groups (broad SMARTS) is 1. The van der Waals surface area contributed by atoms with E-state index in [0.29, 0.717) is 18.1 Å². The fourth-order valence-corrected chi connectivity index (χ4v) is 2.64. The summed E-state index contributed by atoms with van der Waals surface area (Å²) in [5.74, 6) is -1.03. The number of benzene rings is 1. The number of halogens is 1. The summed E-state index contributed by atoms with van der Waals surface area (Å²) in [7, 11) is 1.44. The molecule has 0 spiro atoms. The smallest absolute Gasteiger partial charge is 0.331 e. The summed E-state index contributed by atoms with van der Waals surface area (Å²) in [5, 5.41) is 12.1. The van der Waals surface area contributed by atoms with Gasteiger partial charge in [0.25, 0.3) is 5.91 Å². The number of ether oxygens (including phenoxy) is 3. The van der Waals surface area contributed by atoms with E-state index in [9.17, 15) is 14.7 Å². The molecule has 1 amide bonds. The molecule has 0 aliphatic carbocycles. The third kappa shape index (κ3) is 3.73. The highest BCUT2D eigenvalue weighted by Gasteiger charge is 2.44. The number of rotatable bonds is 7. The molecule has 7 nitrogen and oxygen atoms in total. The number of carbonyl (C=O) groups excluding carboxylic acids is 1. The molecule has 2 rings (SSSR count). The van der Waals surface area contributed by atoms with Crippen LogP contribution in [-0.2, 0) is 9.53 Å². The van der Waals surface area contributed by atoms with Crippen LogP contribution in [0.2, 0.25) is 5.02 Å². The normalized spacial score (nSPS) is 19.8. The van der Waals surface area contributed by atoms with Crippen LogP contribution < -0.4 is 14.8 Å². The van der Waals surface area contributed by atoms with Gasteiger partial charge in [0, 0.05) is 18.6 Å². The van der Waals surface area contributed by atoms with Gasteiger partial charge < -0.3 is 24.6 Å². The predicted octanol–water partition coefficient (Wildman–Crippen LogP) is 2.11. The molecule has 1 aliphatic rings. The van der Waals surface area contributed by atoms with Gasteiger partial charge in [0.05, 0.1) is 25.3 Å².